The van der Waals surface area contributed by atoms with Gasteiger partial charge in [-0.05, 0) is 24.3 Å². The number of carbonyl (C=O) groups is 3. The second kappa shape index (κ2) is 8.35. The van der Waals surface area contributed by atoms with Crippen molar-refractivity contribution in [3.63, 3.8) is 0 Å². The maximum absolute atomic E-state index is 14.0. The smallest absolute Gasteiger partial charge is 0.254 e. The van der Waals surface area contributed by atoms with E-state index in [4.69, 9.17) is 6.42 Å². The molecular formula is C21H18FN3O3. The van der Waals surface area contributed by atoms with Crippen LogP contribution < -0.4 is 15.5 Å². The van der Waals surface area contributed by atoms with E-state index in [1.54, 1.807) is 30.3 Å². The normalized spacial score (nSPS) is 15.8. The van der Waals surface area contributed by atoms with Crippen LogP contribution in [0, 0.1) is 24.1 Å². The van der Waals surface area contributed by atoms with Crippen LogP contribution in [0.25, 0.3) is 0 Å². The van der Waals surface area contributed by atoms with Crippen LogP contribution in [0.5, 0.6) is 0 Å². The van der Waals surface area contributed by atoms with E-state index in [2.05, 4.69) is 16.6 Å². The Morgan fingerprint density at radius 1 is 1.18 bits per heavy atom. The van der Waals surface area contributed by atoms with Crippen LogP contribution in [0.3, 0.4) is 0 Å². The van der Waals surface area contributed by atoms with Gasteiger partial charge in [0.2, 0.25) is 11.8 Å². The summed E-state index contributed by atoms with van der Waals surface area (Å²) in [6, 6.07) is 12.4. The molecule has 1 aliphatic rings. The van der Waals surface area contributed by atoms with Crippen molar-refractivity contribution in [2.45, 2.75) is 6.42 Å². The van der Waals surface area contributed by atoms with Gasteiger partial charge in [-0.3, -0.25) is 14.4 Å². The van der Waals surface area contributed by atoms with E-state index >= 15 is 0 Å². The third kappa shape index (κ3) is 4.01. The van der Waals surface area contributed by atoms with Crippen molar-refractivity contribution in [2.24, 2.45) is 5.92 Å². The minimum absolute atomic E-state index is 0.0361. The molecule has 0 aliphatic carbocycles. The summed E-state index contributed by atoms with van der Waals surface area (Å²) in [5, 5.41) is 5.24. The Hall–Kier alpha value is -3.66. The Morgan fingerprint density at radius 2 is 1.89 bits per heavy atom. The van der Waals surface area contributed by atoms with Gasteiger partial charge in [0.1, 0.15) is 5.82 Å². The van der Waals surface area contributed by atoms with Gasteiger partial charge in [-0.2, -0.15) is 0 Å². The first kappa shape index (κ1) is 19.1. The zero-order valence-corrected chi connectivity index (χ0v) is 14.9. The zero-order valence-electron chi connectivity index (χ0n) is 14.9. The number of anilines is 2. The third-order valence-corrected chi connectivity index (χ3v) is 4.42. The lowest BCUT2D eigenvalue weighted by molar-refractivity contribution is -0.122. The molecule has 2 N–H and O–H groups in total. The number of terminal acetylenes is 1. The van der Waals surface area contributed by atoms with Gasteiger partial charge < -0.3 is 15.5 Å². The summed E-state index contributed by atoms with van der Waals surface area (Å²) in [5.41, 5.74) is 0.733. The molecule has 6 nitrogen and oxygen atoms in total. The molecule has 1 heterocycles. The lowest BCUT2D eigenvalue weighted by atomic mass is 10.1. The topological polar surface area (TPSA) is 78.5 Å². The molecule has 1 atom stereocenters. The van der Waals surface area contributed by atoms with Crippen LogP contribution in [0.4, 0.5) is 15.8 Å². The lowest BCUT2D eigenvalue weighted by Gasteiger charge is -2.17. The second-order valence-corrected chi connectivity index (χ2v) is 6.28. The molecule has 3 amide bonds. The number of benzene rings is 2. The zero-order chi connectivity index (χ0) is 20.1. The molecule has 0 spiro atoms. The number of nitrogens with one attached hydrogen (secondary N) is 2. The summed E-state index contributed by atoms with van der Waals surface area (Å²) < 4.78 is 14.0. The van der Waals surface area contributed by atoms with Crippen molar-refractivity contribution >= 4 is 29.1 Å². The second-order valence-electron chi connectivity index (χ2n) is 6.28. The molecule has 2 aromatic carbocycles. The monoisotopic (exact) mass is 379 g/mol. The van der Waals surface area contributed by atoms with E-state index in [0.717, 1.165) is 0 Å². The van der Waals surface area contributed by atoms with Crippen molar-refractivity contribution in [1.82, 2.24) is 5.32 Å². The number of halogens is 1. The van der Waals surface area contributed by atoms with Crippen LogP contribution >= 0.6 is 0 Å². The standard InChI is InChI=1S/C21H18FN3O3/c1-2-11-23-21(28)15-7-3-5-9-17(15)24-20(27)14-12-19(26)25(13-14)18-10-6-4-8-16(18)22/h1,3-10,14H,11-13H2,(H,23,28)(H,24,27). The van der Waals surface area contributed by atoms with Crippen LogP contribution in [0.2, 0.25) is 0 Å². The molecule has 28 heavy (non-hydrogen) atoms. The summed E-state index contributed by atoms with van der Waals surface area (Å²) in [6.07, 6.45) is 5.11. The summed E-state index contributed by atoms with van der Waals surface area (Å²) in [5.74, 6) is -0.0227. The maximum atomic E-state index is 14.0. The largest absolute Gasteiger partial charge is 0.341 e. The number of para-hydroxylation sites is 2. The first-order valence-electron chi connectivity index (χ1n) is 8.67. The van der Waals surface area contributed by atoms with Crippen LogP contribution in [-0.2, 0) is 9.59 Å². The molecule has 142 valence electrons. The van der Waals surface area contributed by atoms with Crippen LogP contribution in [0.1, 0.15) is 16.8 Å². The average Bonchev–Trinajstić information content (AvgIpc) is 3.08. The molecule has 1 fully saturated rings. The molecule has 7 heteroatoms. The summed E-state index contributed by atoms with van der Waals surface area (Å²) in [7, 11) is 0. The summed E-state index contributed by atoms with van der Waals surface area (Å²) in [6.45, 7) is 0.132. The summed E-state index contributed by atoms with van der Waals surface area (Å²) >= 11 is 0. The number of nitrogens with zero attached hydrogens (tertiary/aromatic N) is 1. The Labute approximate surface area is 161 Å². The number of carbonyl (C=O) groups excluding carboxylic acids is 3. The SMILES string of the molecule is C#CCNC(=O)c1ccccc1NC(=O)C1CC(=O)N(c2ccccc2F)C1. The molecule has 0 saturated carbocycles. The fourth-order valence-electron chi connectivity index (χ4n) is 3.04. The molecule has 0 aromatic heterocycles. The van der Waals surface area contributed by atoms with E-state index in [-0.39, 0.29) is 36.7 Å². The van der Waals surface area contributed by atoms with Gasteiger partial charge in [-0.15, -0.1) is 6.42 Å². The molecule has 1 unspecified atom stereocenters. The van der Waals surface area contributed by atoms with Gasteiger partial charge in [0, 0.05) is 13.0 Å². The molecule has 0 bridgehead atoms. The molecule has 2 aromatic rings. The molecule has 0 radical (unpaired) electrons. The van der Waals surface area contributed by atoms with E-state index in [9.17, 15) is 18.8 Å². The number of rotatable bonds is 5. The van der Waals surface area contributed by atoms with Crippen LogP contribution in [0.15, 0.2) is 48.5 Å². The van der Waals surface area contributed by atoms with Crippen molar-refractivity contribution < 1.29 is 18.8 Å². The van der Waals surface area contributed by atoms with Crippen molar-refractivity contribution in [3.05, 3.63) is 59.9 Å². The van der Waals surface area contributed by atoms with Gasteiger partial charge in [0.15, 0.2) is 0 Å². The van der Waals surface area contributed by atoms with Crippen molar-refractivity contribution in [3.8, 4) is 12.3 Å². The van der Waals surface area contributed by atoms with Gasteiger partial charge in [-0.25, -0.2) is 4.39 Å². The van der Waals surface area contributed by atoms with E-state index in [1.807, 2.05) is 0 Å². The molecular weight excluding hydrogens is 361 g/mol. The first-order chi connectivity index (χ1) is 13.5. The highest BCUT2D eigenvalue weighted by atomic mass is 19.1. The van der Waals surface area contributed by atoms with E-state index < -0.39 is 23.5 Å². The third-order valence-electron chi connectivity index (χ3n) is 4.42. The minimum atomic E-state index is -0.658. The lowest BCUT2D eigenvalue weighted by Crippen LogP contribution is -2.30. The predicted octanol–water partition coefficient (Wildman–Crippen LogP) is 2.18. The highest BCUT2D eigenvalue weighted by molar-refractivity contribution is 6.07. The maximum Gasteiger partial charge on any atom is 0.254 e. The van der Waals surface area contributed by atoms with Crippen molar-refractivity contribution in [2.75, 3.05) is 23.3 Å². The Kier molecular flexibility index (Phi) is 5.70. The molecule has 1 saturated heterocycles. The number of hydrogen-bond donors (Lipinski definition) is 2. The number of hydrogen-bond acceptors (Lipinski definition) is 3. The van der Waals surface area contributed by atoms with Gasteiger partial charge >= 0.3 is 0 Å². The fraction of sp³-hybridized carbons (Fsp3) is 0.190. The van der Waals surface area contributed by atoms with E-state index in [0.29, 0.717) is 5.69 Å². The Morgan fingerprint density at radius 3 is 2.64 bits per heavy atom. The van der Waals surface area contributed by atoms with Gasteiger partial charge in [0.25, 0.3) is 5.91 Å². The predicted molar refractivity (Wildman–Crippen MR) is 103 cm³/mol. The highest BCUT2D eigenvalue weighted by Gasteiger charge is 2.36. The van der Waals surface area contributed by atoms with Crippen LogP contribution in [-0.4, -0.2) is 30.8 Å². The molecule has 1 aliphatic heterocycles. The van der Waals surface area contributed by atoms with E-state index in [1.165, 1.54) is 23.1 Å². The van der Waals surface area contributed by atoms with Crippen molar-refractivity contribution in [1.29, 1.82) is 0 Å². The summed E-state index contributed by atoms with van der Waals surface area (Å²) in [4.78, 5) is 38.4. The Bertz CT molecular complexity index is 967. The van der Waals surface area contributed by atoms with Gasteiger partial charge in [-0.1, -0.05) is 30.2 Å². The Balaban J connectivity index is 1.73. The minimum Gasteiger partial charge on any atom is -0.341 e. The average molecular weight is 379 g/mol. The fourth-order valence-corrected chi connectivity index (χ4v) is 3.04. The molecule has 3 rings (SSSR count). The highest BCUT2D eigenvalue weighted by Crippen LogP contribution is 2.28. The quantitative estimate of drug-likeness (QED) is 0.782. The first-order valence-corrected chi connectivity index (χ1v) is 8.67. The number of amides is 3. The van der Waals surface area contributed by atoms with Gasteiger partial charge in [0.05, 0.1) is 29.4 Å².